The molecule has 1 saturated carbocycles. The van der Waals surface area contributed by atoms with Crippen LogP contribution in [0.2, 0.25) is 0 Å². The molecule has 1 aliphatic carbocycles. The van der Waals surface area contributed by atoms with Crippen molar-refractivity contribution in [3.63, 3.8) is 0 Å². The van der Waals surface area contributed by atoms with Crippen LogP contribution in [-0.4, -0.2) is 35.3 Å². The summed E-state index contributed by atoms with van der Waals surface area (Å²) in [5, 5.41) is 6.20. The molecular weight excluding hydrogens is 302 g/mol. The molecule has 1 aromatic rings. The Morgan fingerprint density at radius 1 is 1.17 bits per heavy atom. The van der Waals surface area contributed by atoms with Gasteiger partial charge in [0.15, 0.2) is 0 Å². The van der Waals surface area contributed by atoms with Gasteiger partial charge in [-0.05, 0) is 42.9 Å². The van der Waals surface area contributed by atoms with Crippen molar-refractivity contribution in [2.75, 3.05) is 6.54 Å². The number of amides is 2. The van der Waals surface area contributed by atoms with Gasteiger partial charge in [0, 0.05) is 19.2 Å². The summed E-state index contributed by atoms with van der Waals surface area (Å²) in [5.41, 5.74) is 2.45. The first-order valence-corrected chi connectivity index (χ1v) is 8.78. The van der Waals surface area contributed by atoms with E-state index in [0.717, 1.165) is 25.8 Å². The number of rotatable bonds is 5. The third-order valence-electron chi connectivity index (χ3n) is 5.18. The summed E-state index contributed by atoms with van der Waals surface area (Å²) in [6, 6.07) is 8.10. The van der Waals surface area contributed by atoms with Gasteiger partial charge >= 0.3 is 0 Å². The highest BCUT2D eigenvalue weighted by Gasteiger charge is 2.33. The second kappa shape index (κ2) is 6.40. The van der Waals surface area contributed by atoms with E-state index in [1.54, 1.807) is 6.08 Å². The molecule has 2 heterocycles. The lowest BCUT2D eigenvalue weighted by Crippen LogP contribution is -2.55. The lowest BCUT2D eigenvalue weighted by Gasteiger charge is -2.28. The molecule has 4 rings (SSSR count). The molecule has 0 radical (unpaired) electrons. The minimum atomic E-state index is -0.0524. The van der Waals surface area contributed by atoms with Crippen molar-refractivity contribution >= 4 is 11.8 Å². The van der Waals surface area contributed by atoms with Crippen LogP contribution >= 0.6 is 0 Å². The van der Waals surface area contributed by atoms with E-state index in [1.807, 2.05) is 23.1 Å². The number of nitrogens with one attached hydrogen (secondary N) is 2. The number of hydrogen-bond acceptors (Lipinski definition) is 3. The van der Waals surface area contributed by atoms with Crippen molar-refractivity contribution in [3.8, 4) is 0 Å². The fourth-order valence-corrected chi connectivity index (χ4v) is 3.34. The van der Waals surface area contributed by atoms with Crippen LogP contribution in [0.15, 0.2) is 36.4 Å². The van der Waals surface area contributed by atoms with Crippen molar-refractivity contribution in [3.05, 3.63) is 47.5 Å². The van der Waals surface area contributed by atoms with Gasteiger partial charge in [-0.1, -0.05) is 30.3 Å². The zero-order valence-electron chi connectivity index (χ0n) is 13.7. The number of fused-ring (bicyclic) bond motifs is 1. The van der Waals surface area contributed by atoms with Gasteiger partial charge < -0.3 is 15.5 Å². The fourth-order valence-electron chi connectivity index (χ4n) is 3.34. The van der Waals surface area contributed by atoms with Crippen molar-refractivity contribution in [2.45, 2.75) is 44.4 Å². The molecule has 0 aromatic heterocycles. The highest BCUT2D eigenvalue weighted by Crippen LogP contribution is 2.33. The maximum atomic E-state index is 12.5. The Bertz CT molecular complexity index is 652. The molecule has 2 aliphatic heterocycles. The minimum Gasteiger partial charge on any atom is -0.348 e. The number of carbonyl (C=O) groups excluding carboxylic acids is 2. The van der Waals surface area contributed by atoms with Crippen molar-refractivity contribution in [1.29, 1.82) is 0 Å². The van der Waals surface area contributed by atoms with Gasteiger partial charge in [0.25, 0.3) is 0 Å². The predicted octanol–water partition coefficient (Wildman–Crippen LogP) is 1.34. The quantitative estimate of drug-likeness (QED) is 0.803. The van der Waals surface area contributed by atoms with E-state index < -0.39 is 0 Å². The standard InChI is InChI=1S/C19H23N3O2/c23-18(22-11-14-3-1-2-4-15(14)12-22)8-7-16(13-5-6-13)21-19(24)17-9-10-20-17/h1-4,7-8,13,16-17,20H,5-6,9-12H2,(H,21,24)/b8-7+/t16-,17?/m1/s1. The summed E-state index contributed by atoms with van der Waals surface area (Å²) in [7, 11) is 0. The second-order valence-corrected chi connectivity index (χ2v) is 6.99. The van der Waals surface area contributed by atoms with Crippen molar-refractivity contribution in [1.82, 2.24) is 15.5 Å². The van der Waals surface area contributed by atoms with Crippen LogP contribution in [0.3, 0.4) is 0 Å². The number of nitrogens with zero attached hydrogens (tertiary/aromatic N) is 1. The maximum absolute atomic E-state index is 12.5. The summed E-state index contributed by atoms with van der Waals surface area (Å²) in [6.45, 7) is 2.26. The molecule has 3 aliphatic rings. The molecule has 1 saturated heterocycles. The SMILES string of the molecule is O=C(N[C@H](/C=C/C(=O)N1Cc2ccccc2C1)C1CC1)C1CCN1. The molecule has 2 amide bonds. The molecule has 1 unspecified atom stereocenters. The molecule has 5 nitrogen and oxygen atoms in total. The number of carbonyl (C=O) groups is 2. The summed E-state index contributed by atoms with van der Waals surface area (Å²) in [4.78, 5) is 26.4. The summed E-state index contributed by atoms with van der Waals surface area (Å²) < 4.78 is 0. The van der Waals surface area contributed by atoms with E-state index in [-0.39, 0.29) is 23.9 Å². The van der Waals surface area contributed by atoms with Gasteiger partial charge in [0.05, 0.1) is 12.1 Å². The van der Waals surface area contributed by atoms with Crippen LogP contribution in [0.25, 0.3) is 0 Å². The third kappa shape index (κ3) is 3.22. The molecule has 126 valence electrons. The van der Waals surface area contributed by atoms with E-state index in [9.17, 15) is 9.59 Å². The monoisotopic (exact) mass is 325 g/mol. The summed E-state index contributed by atoms with van der Waals surface area (Å²) in [6.07, 6.45) is 6.67. The smallest absolute Gasteiger partial charge is 0.246 e. The molecule has 2 atom stereocenters. The van der Waals surface area contributed by atoms with Gasteiger partial charge in [0.1, 0.15) is 0 Å². The van der Waals surface area contributed by atoms with Gasteiger partial charge in [-0.3, -0.25) is 9.59 Å². The summed E-state index contributed by atoms with van der Waals surface area (Å²) in [5.74, 6) is 0.561. The molecule has 1 aromatic carbocycles. The molecular formula is C19H23N3O2. The first-order valence-electron chi connectivity index (χ1n) is 8.78. The third-order valence-corrected chi connectivity index (χ3v) is 5.18. The molecule has 2 N–H and O–H groups in total. The Kier molecular flexibility index (Phi) is 4.10. The van der Waals surface area contributed by atoms with Gasteiger partial charge in [-0.2, -0.15) is 0 Å². The number of hydrogen-bond donors (Lipinski definition) is 2. The van der Waals surface area contributed by atoms with E-state index in [4.69, 9.17) is 0 Å². The van der Waals surface area contributed by atoms with Crippen LogP contribution in [0, 0.1) is 5.92 Å². The minimum absolute atomic E-state index is 0.0196. The van der Waals surface area contributed by atoms with E-state index >= 15 is 0 Å². The first-order chi connectivity index (χ1) is 11.7. The molecule has 0 bridgehead atoms. The fraction of sp³-hybridized carbons (Fsp3) is 0.474. The Balaban J connectivity index is 1.36. The lowest BCUT2D eigenvalue weighted by molar-refractivity contribution is -0.127. The van der Waals surface area contributed by atoms with E-state index in [0.29, 0.717) is 19.0 Å². The Morgan fingerprint density at radius 3 is 2.38 bits per heavy atom. The van der Waals surface area contributed by atoms with Crippen LogP contribution in [0.5, 0.6) is 0 Å². The van der Waals surface area contributed by atoms with Crippen molar-refractivity contribution < 1.29 is 9.59 Å². The Labute approximate surface area is 142 Å². The Morgan fingerprint density at radius 2 is 1.83 bits per heavy atom. The van der Waals surface area contributed by atoms with Crippen LogP contribution < -0.4 is 10.6 Å². The largest absolute Gasteiger partial charge is 0.348 e. The van der Waals surface area contributed by atoms with Gasteiger partial charge in [-0.25, -0.2) is 0 Å². The average Bonchev–Trinajstić information content (AvgIpc) is 3.27. The maximum Gasteiger partial charge on any atom is 0.246 e. The first kappa shape index (κ1) is 15.4. The summed E-state index contributed by atoms with van der Waals surface area (Å²) >= 11 is 0. The van der Waals surface area contributed by atoms with E-state index in [2.05, 4.69) is 22.8 Å². The zero-order valence-corrected chi connectivity index (χ0v) is 13.7. The molecule has 24 heavy (non-hydrogen) atoms. The second-order valence-electron chi connectivity index (χ2n) is 6.99. The zero-order chi connectivity index (χ0) is 16.5. The normalized spacial score (nSPS) is 23.7. The molecule has 0 spiro atoms. The Hall–Kier alpha value is -2.14. The van der Waals surface area contributed by atoms with Gasteiger partial charge in [-0.15, -0.1) is 0 Å². The van der Waals surface area contributed by atoms with Crippen LogP contribution in [0.1, 0.15) is 30.4 Å². The van der Waals surface area contributed by atoms with E-state index in [1.165, 1.54) is 11.1 Å². The van der Waals surface area contributed by atoms with Crippen LogP contribution in [0.4, 0.5) is 0 Å². The highest BCUT2D eigenvalue weighted by atomic mass is 16.2. The average molecular weight is 325 g/mol. The predicted molar refractivity (Wildman–Crippen MR) is 90.9 cm³/mol. The topological polar surface area (TPSA) is 61.4 Å². The lowest BCUT2D eigenvalue weighted by atomic mass is 10.1. The van der Waals surface area contributed by atoms with Gasteiger partial charge in [0.2, 0.25) is 11.8 Å². The van der Waals surface area contributed by atoms with Crippen LogP contribution in [-0.2, 0) is 22.7 Å². The molecule has 5 heteroatoms. The molecule has 2 fully saturated rings. The highest BCUT2D eigenvalue weighted by molar-refractivity contribution is 5.88. The van der Waals surface area contributed by atoms with Crippen molar-refractivity contribution in [2.24, 2.45) is 5.92 Å². The number of benzene rings is 1.